The summed E-state index contributed by atoms with van der Waals surface area (Å²) in [5.74, 6) is 1.89. The van der Waals surface area contributed by atoms with E-state index in [9.17, 15) is 0 Å². The molecule has 21 heavy (non-hydrogen) atoms. The highest BCUT2D eigenvalue weighted by atomic mass is 16.5. The Hall–Kier alpha value is -2.87. The summed E-state index contributed by atoms with van der Waals surface area (Å²) in [5.41, 5.74) is 7.73. The summed E-state index contributed by atoms with van der Waals surface area (Å²) in [7, 11) is 3.15. The second-order valence-electron chi connectivity index (χ2n) is 4.33. The summed E-state index contributed by atoms with van der Waals surface area (Å²) in [6, 6.07) is 12.5. The molecule has 2 rings (SSSR count). The first-order valence-corrected chi connectivity index (χ1v) is 6.31. The van der Waals surface area contributed by atoms with E-state index in [0.717, 1.165) is 5.56 Å². The molecule has 0 aromatic heterocycles. The van der Waals surface area contributed by atoms with Crippen molar-refractivity contribution in [1.29, 1.82) is 5.26 Å². The molecule has 5 heteroatoms. The average Bonchev–Trinajstić information content (AvgIpc) is 2.53. The molecule has 0 atom stereocenters. The summed E-state index contributed by atoms with van der Waals surface area (Å²) in [5, 5.41) is 8.95. The number of methoxy groups -OCH3 is 2. The van der Waals surface area contributed by atoms with Crippen molar-refractivity contribution in [3.05, 3.63) is 47.5 Å². The van der Waals surface area contributed by atoms with E-state index in [4.69, 9.17) is 25.2 Å². The predicted octanol–water partition coefficient (Wildman–Crippen LogP) is 2.74. The van der Waals surface area contributed by atoms with Crippen LogP contribution in [-0.4, -0.2) is 14.2 Å². The van der Waals surface area contributed by atoms with Crippen molar-refractivity contribution in [2.45, 2.75) is 6.61 Å². The van der Waals surface area contributed by atoms with Gasteiger partial charge in [-0.05, 0) is 30.3 Å². The van der Waals surface area contributed by atoms with Crippen LogP contribution in [0.1, 0.15) is 11.1 Å². The number of nitrogens with zero attached hydrogens (tertiary/aromatic N) is 1. The lowest BCUT2D eigenvalue weighted by Crippen LogP contribution is -2.01. The van der Waals surface area contributed by atoms with E-state index < -0.39 is 0 Å². The smallest absolute Gasteiger partial charge is 0.142 e. The SMILES string of the molecule is COc1ccc(OCc2cc(C#N)ccc2OC)c(N)c1. The van der Waals surface area contributed by atoms with Gasteiger partial charge in [0.05, 0.1) is 31.5 Å². The molecule has 0 fully saturated rings. The minimum atomic E-state index is 0.259. The van der Waals surface area contributed by atoms with Crippen LogP contribution in [0.2, 0.25) is 0 Å². The Morgan fingerprint density at radius 1 is 1.05 bits per heavy atom. The molecule has 0 radical (unpaired) electrons. The highest BCUT2D eigenvalue weighted by Crippen LogP contribution is 2.28. The van der Waals surface area contributed by atoms with Crippen LogP contribution in [0, 0.1) is 11.3 Å². The van der Waals surface area contributed by atoms with Crippen molar-refractivity contribution in [3.8, 4) is 23.3 Å². The van der Waals surface area contributed by atoms with Crippen LogP contribution in [0.15, 0.2) is 36.4 Å². The topological polar surface area (TPSA) is 77.5 Å². The lowest BCUT2D eigenvalue weighted by atomic mass is 10.1. The molecular weight excluding hydrogens is 268 g/mol. The average molecular weight is 284 g/mol. The monoisotopic (exact) mass is 284 g/mol. The van der Waals surface area contributed by atoms with Gasteiger partial charge in [0.2, 0.25) is 0 Å². The lowest BCUT2D eigenvalue weighted by molar-refractivity contribution is 0.297. The third-order valence-corrected chi connectivity index (χ3v) is 3.01. The minimum Gasteiger partial charge on any atom is -0.497 e. The van der Waals surface area contributed by atoms with Gasteiger partial charge < -0.3 is 19.9 Å². The molecule has 0 aliphatic rings. The molecule has 0 heterocycles. The largest absolute Gasteiger partial charge is 0.497 e. The van der Waals surface area contributed by atoms with Crippen LogP contribution in [0.5, 0.6) is 17.2 Å². The van der Waals surface area contributed by atoms with Gasteiger partial charge in [-0.2, -0.15) is 5.26 Å². The zero-order chi connectivity index (χ0) is 15.2. The number of nitrogen functional groups attached to an aromatic ring is 1. The van der Waals surface area contributed by atoms with E-state index in [1.165, 1.54) is 0 Å². The fraction of sp³-hybridized carbons (Fsp3) is 0.188. The second kappa shape index (κ2) is 6.53. The quantitative estimate of drug-likeness (QED) is 0.854. The fourth-order valence-corrected chi connectivity index (χ4v) is 1.90. The first-order chi connectivity index (χ1) is 10.2. The molecule has 0 aliphatic carbocycles. The van der Waals surface area contributed by atoms with E-state index in [1.54, 1.807) is 50.6 Å². The molecule has 108 valence electrons. The Morgan fingerprint density at radius 3 is 2.43 bits per heavy atom. The molecule has 2 N–H and O–H groups in total. The lowest BCUT2D eigenvalue weighted by Gasteiger charge is -2.12. The zero-order valence-corrected chi connectivity index (χ0v) is 11.9. The van der Waals surface area contributed by atoms with E-state index in [1.807, 2.05) is 0 Å². The van der Waals surface area contributed by atoms with Crippen molar-refractivity contribution >= 4 is 5.69 Å². The standard InChI is InChI=1S/C16H16N2O3/c1-19-13-4-6-16(14(18)8-13)21-10-12-7-11(9-17)3-5-15(12)20-2/h3-8H,10,18H2,1-2H3. The maximum absolute atomic E-state index is 8.95. The molecule has 0 spiro atoms. The van der Waals surface area contributed by atoms with Crippen molar-refractivity contribution in [2.24, 2.45) is 0 Å². The minimum absolute atomic E-state index is 0.259. The van der Waals surface area contributed by atoms with Gasteiger partial charge >= 0.3 is 0 Å². The fourth-order valence-electron chi connectivity index (χ4n) is 1.90. The summed E-state index contributed by atoms with van der Waals surface area (Å²) < 4.78 is 16.0. The normalized spacial score (nSPS) is 9.76. The van der Waals surface area contributed by atoms with Crippen molar-refractivity contribution in [2.75, 3.05) is 20.0 Å². The van der Waals surface area contributed by atoms with Crippen LogP contribution >= 0.6 is 0 Å². The molecular formula is C16H16N2O3. The number of hydrogen-bond acceptors (Lipinski definition) is 5. The maximum Gasteiger partial charge on any atom is 0.142 e. The summed E-state index contributed by atoms with van der Waals surface area (Å²) >= 11 is 0. The first-order valence-electron chi connectivity index (χ1n) is 6.31. The maximum atomic E-state index is 8.95. The molecule has 0 aliphatic heterocycles. The van der Waals surface area contributed by atoms with Crippen LogP contribution < -0.4 is 19.9 Å². The second-order valence-corrected chi connectivity index (χ2v) is 4.33. The van der Waals surface area contributed by atoms with Crippen molar-refractivity contribution in [1.82, 2.24) is 0 Å². The first kappa shape index (κ1) is 14.5. The highest BCUT2D eigenvalue weighted by Gasteiger charge is 2.08. The van der Waals surface area contributed by atoms with Gasteiger partial charge in [-0.15, -0.1) is 0 Å². The van der Waals surface area contributed by atoms with Gasteiger partial charge in [0.25, 0.3) is 0 Å². The Labute approximate surface area is 123 Å². The number of rotatable bonds is 5. The molecule has 0 unspecified atom stereocenters. The zero-order valence-electron chi connectivity index (χ0n) is 11.9. The van der Waals surface area contributed by atoms with Gasteiger partial charge in [-0.3, -0.25) is 0 Å². The number of benzene rings is 2. The van der Waals surface area contributed by atoms with Crippen LogP contribution in [-0.2, 0) is 6.61 Å². The molecule has 0 bridgehead atoms. The highest BCUT2D eigenvalue weighted by molar-refractivity contribution is 5.56. The van der Waals surface area contributed by atoms with E-state index in [0.29, 0.717) is 28.5 Å². The number of anilines is 1. The number of ether oxygens (including phenoxy) is 3. The predicted molar refractivity (Wildman–Crippen MR) is 79.4 cm³/mol. The van der Waals surface area contributed by atoms with Crippen LogP contribution in [0.3, 0.4) is 0 Å². The van der Waals surface area contributed by atoms with Crippen molar-refractivity contribution < 1.29 is 14.2 Å². The summed E-state index contributed by atoms with van der Waals surface area (Å²) in [6.45, 7) is 0.259. The Kier molecular flexibility index (Phi) is 4.52. The van der Waals surface area contributed by atoms with E-state index >= 15 is 0 Å². The van der Waals surface area contributed by atoms with E-state index in [-0.39, 0.29) is 6.61 Å². The Morgan fingerprint density at radius 2 is 1.81 bits per heavy atom. The number of nitriles is 1. The number of hydrogen-bond donors (Lipinski definition) is 1. The summed E-state index contributed by atoms with van der Waals surface area (Å²) in [6.07, 6.45) is 0. The molecule has 2 aromatic rings. The third kappa shape index (κ3) is 3.37. The third-order valence-electron chi connectivity index (χ3n) is 3.01. The summed E-state index contributed by atoms with van der Waals surface area (Å²) in [4.78, 5) is 0. The van der Waals surface area contributed by atoms with Gasteiger partial charge in [0.1, 0.15) is 23.9 Å². The van der Waals surface area contributed by atoms with Gasteiger partial charge in [-0.25, -0.2) is 0 Å². The number of nitrogens with two attached hydrogens (primary N) is 1. The van der Waals surface area contributed by atoms with Crippen LogP contribution in [0.25, 0.3) is 0 Å². The molecule has 0 saturated carbocycles. The van der Waals surface area contributed by atoms with Gasteiger partial charge in [0, 0.05) is 11.6 Å². The molecule has 2 aromatic carbocycles. The molecule has 0 saturated heterocycles. The van der Waals surface area contributed by atoms with E-state index in [2.05, 4.69) is 6.07 Å². The van der Waals surface area contributed by atoms with Gasteiger partial charge in [0.15, 0.2) is 0 Å². The van der Waals surface area contributed by atoms with Crippen LogP contribution in [0.4, 0.5) is 5.69 Å². The molecule has 5 nitrogen and oxygen atoms in total. The molecule has 0 amide bonds. The Bertz CT molecular complexity index is 678. The Balaban J connectivity index is 2.18. The van der Waals surface area contributed by atoms with Gasteiger partial charge in [-0.1, -0.05) is 0 Å². The van der Waals surface area contributed by atoms with Crippen molar-refractivity contribution in [3.63, 3.8) is 0 Å².